The van der Waals surface area contributed by atoms with Gasteiger partial charge in [-0.1, -0.05) is 53.1 Å². The van der Waals surface area contributed by atoms with Crippen LogP contribution in [0.1, 0.15) is 78.4 Å². The first-order chi connectivity index (χ1) is 22.3. The van der Waals surface area contributed by atoms with Gasteiger partial charge in [0.15, 0.2) is 0 Å². The molecule has 2 aromatic heterocycles. The molecular weight excluding hydrogens is 659 g/mol. The average Bonchev–Trinajstić information content (AvgIpc) is 3.03. The van der Waals surface area contributed by atoms with Gasteiger partial charge in [0.05, 0.1) is 16.8 Å². The number of amides is 1. The first-order valence-electron chi connectivity index (χ1n) is 16.2. The minimum atomic E-state index is -0.504. The van der Waals surface area contributed by atoms with E-state index in [0.717, 1.165) is 94.4 Å². The smallest absolute Gasteiger partial charge is 0.287 e. The van der Waals surface area contributed by atoms with Crippen LogP contribution in [0.15, 0.2) is 24.5 Å². The number of anilines is 2. The zero-order chi connectivity index (χ0) is 36.5. The average molecular weight is 714 g/mol. The van der Waals surface area contributed by atoms with E-state index in [2.05, 4.69) is 20.6 Å². The number of hydrogen-bond donors (Lipinski definition) is 3. The van der Waals surface area contributed by atoms with E-state index in [1.807, 2.05) is 33.8 Å². The Morgan fingerprint density at radius 2 is 1.44 bits per heavy atom. The molecule has 4 N–H and O–H groups in total. The fourth-order valence-corrected chi connectivity index (χ4v) is 4.07. The molecule has 48 heavy (non-hydrogen) atoms. The molecule has 2 aliphatic rings. The topological polar surface area (TPSA) is 172 Å². The van der Waals surface area contributed by atoms with Crippen molar-refractivity contribution in [3.63, 3.8) is 0 Å². The summed E-state index contributed by atoms with van der Waals surface area (Å²) >= 11 is 10.7. The Morgan fingerprint density at radius 1 is 0.917 bits per heavy atom. The number of aryl methyl sites for hydroxylation is 2. The highest BCUT2D eigenvalue weighted by Gasteiger charge is 2.22. The van der Waals surface area contributed by atoms with Crippen LogP contribution in [0, 0.1) is 46.6 Å². The monoisotopic (exact) mass is 712 g/mol. The van der Waals surface area contributed by atoms with Crippen LogP contribution in [0.5, 0.6) is 0 Å². The van der Waals surface area contributed by atoms with Gasteiger partial charge in [-0.15, -0.1) is 0 Å². The van der Waals surface area contributed by atoms with Gasteiger partial charge < -0.3 is 25.8 Å². The lowest BCUT2D eigenvalue weighted by molar-refractivity contribution is -0.385. The summed E-state index contributed by atoms with van der Waals surface area (Å²) in [5.41, 5.74) is 7.03. The summed E-state index contributed by atoms with van der Waals surface area (Å²) in [5.74, 6) is 2.27. The zero-order valence-electron chi connectivity index (χ0n) is 29.7. The number of ether oxygens (including phenoxy) is 2. The second kappa shape index (κ2) is 21.2. The molecule has 270 valence electrons. The minimum Gasteiger partial charge on any atom is -0.381 e. The van der Waals surface area contributed by atoms with Crippen LogP contribution >= 0.6 is 23.2 Å². The molecule has 12 nitrogen and oxygen atoms in total. The summed E-state index contributed by atoms with van der Waals surface area (Å²) in [5, 5.41) is 16.5. The number of nitro groups is 1. The van der Waals surface area contributed by atoms with E-state index in [0.29, 0.717) is 16.6 Å². The van der Waals surface area contributed by atoms with Crippen molar-refractivity contribution < 1.29 is 24.0 Å². The van der Waals surface area contributed by atoms with E-state index in [1.165, 1.54) is 6.07 Å². The normalized spacial score (nSPS) is 15.3. The number of halogens is 2. The molecule has 0 aliphatic carbocycles. The maximum absolute atomic E-state index is 12.0. The van der Waals surface area contributed by atoms with Crippen molar-refractivity contribution in [2.45, 2.75) is 81.1 Å². The van der Waals surface area contributed by atoms with Crippen molar-refractivity contribution in [1.82, 2.24) is 9.97 Å². The van der Waals surface area contributed by atoms with Crippen LogP contribution in [-0.4, -0.2) is 65.6 Å². The first kappa shape index (κ1) is 43.1. The highest BCUT2D eigenvalue weighted by molar-refractivity contribution is 6.64. The highest BCUT2D eigenvalue weighted by Crippen LogP contribution is 2.22. The van der Waals surface area contributed by atoms with Crippen molar-refractivity contribution in [1.29, 1.82) is 0 Å². The number of carbonyl (C=O) groups is 2. The number of nitrogens with one attached hydrogen (secondary N) is 2. The Morgan fingerprint density at radius 3 is 1.83 bits per heavy atom. The fraction of sp³-hybridized carbons (Fsp3) is 0.647. The minimum absolute atomic E-state index is 0.00313. The highest BCUT2D eigenvalue weighted by atomic mass is 35.5. The summed E-state index contributed by atoms with van der Waals surface area (Å²) in [7, 11) is 0. The summed E-state index contributed by atoms with van der Waals surface area (Å²) in [6.07, 6.45) is 7.38. The molecule has 0 aromatic carbocycles. The van der Waals surface area contributed by atoms with Crippen molar-refractivity contribution in [3.8, 4) is 0 Å². The molecule has 2 fully saturated rings. The lowest BCUT2D eigenvalue weighted by atomic mass is 9.95. The molecule has 2 saturated heterocycles. The standard InChI is InChI=1S/C17H27N3O2.C6H5ClN2O2.C6H13NO.C5H9ClO/c1-12-9-14(20-16(21)17(2,3)4)11-19-15(12)18-10-13-5-7-22-8-6-13;1-4-2-5(9(10)11)3-8-6(4)7;7-5-6-1-3-8-4-2-6;1-5(2,3)4(6)7/h9,11,13H,5-8,10H2,1-4H3,(H,18,19)(H,20,21);2-3H,1H3;6H,1-5,7H2;1-3H3. The number of nitrogens with zero attached hydrogens (tertiary/aromatic N) is 3. The lowest BCUT2D eigenvalue weighted by Gasteiger charge is -2.23. The van der Waals surface area contributed by atoms with Crippen molar-refractivity contribution >= 4 is 51.5 Å². The number of nitrogens with two attached hydrogens (primary N) is 1. The first-order valence-corrected chi connectivity index (χ1v) is 16.9. The summed E-state index contributed by atoms with van der Waals surface area (Å²) in [6.45, 7) is 20.0. The fourth-order valence-electron chi connectivity index (χ4n) is 3.96. The van der Waals surface area contributed by atoms with Crippen molar-refractivity contribution in [2.24, 2.45) is 28.4 Å². The predicted molar refractivity (Wildman–Crippen MR) is 193 cm³/mol. The molecule has 2 aliphatic heterocycles. The SMILES string of the molecule is CC(C)(C)C(=O)Cl.Cc1cc(NC(=O)C(C)(C)C)cnc1NCC1CCOCC1.Cc1cc([N+](=O)[O-])cnc1Cl.NCC1CCOCC1. The third kappa shape index (κ3) is 17.5. The van der Waals surface area contributed by atoms with Gasteiger partial charge in [-0.3, -0.25) is 19.7 Å². The molecule has 4 rings (SSSR count). The molecule has 14 heteroatoms. The molecule has 0 bridgehead atoms. The van der Waals surface area contributed by atoms with Gasteiger partial charge >= 0.3 is 0 Å². The van der Waals surface area contributed by atoms with E-state index in [9.17, 15) is 19.7 Å². The molecule has 0 spiro atoms. The molecule has 0 saturated carbocycles. The Labute approximate surface area is 295 Å². The van der Waals surface area contributed by atoms with Gasteiger partial charge in [-0.25, -0.2) is 9.97 Å². The molecule has 0 radical (unpaired) electrons. The number of carbonyl (C=O) groups excluding carboxylic acids is 2. The third-order valence-electron chi connectivity index (χ3n) is 7.39. The Hall–Kier alpha value is -2.90. The third-order valence-corrected chi connectivity index (χ3v) is 8.35. The van der Waals surface area contributed by atoms with Gasteiger partial charge in [0.25, 0.3) is 5.69 Å². The van der Waals surface area contributed by atoms with Crippen molar-refractivity contribution in [3.05, 3.63) is 50.9 Å². The van der Waals surface area contributed by atoms with E-state index in [4.69, 9.17) is 38.4 Å². The second-order valence-electron chi connectivity index (χ2n) is 13.9. The summed E-state index contributed by atoms with van der Waals surface area (Å²) in [6, 6.07) is 3.35. The Kier molecular flexibility index (Phi) is 19.1. The quantitative estimate of drug-likeness (QED) is 0.119. The largest absolute Gasteiger partial charge is 0.381 e. The number of aromatic nitrogens is 2. The van der Waals surface area contributed by atoms with Gasteiger partial charge in [0.2, 0.25) is 11.1 Å². The summed E-state index contributed by atoms with van der Waals surface area (Å²) in [4.78, 5) is 40.0. The maximum Gasteiger partial charge on any atom is 0.287 e. The summed E-state index contributed by atoms with van der Waals surface area (Å²) < 4.78 is 10.5. The van der Waals surface area contributed by atoms with E-state index >= 15 is 0 Å². The van der Waals surface area contributed by atoms with Gasteiger partial charge in [-0.2, -0.15) is 0 Å². The Balaban J connectivity index is 0.000000367. The number of rotatable bonds is 6. The van der Waals surface area contributed by atoms with Gasteiger partial charge in [0, 0.05) is 49.9 Å². The van der Waals surface area contributed by atoms with Crippen LogP contribution in [0.4, 0.5) is 17.2 Å². The van der Waals surface area contributed by atoms with Crippen LogP contribution in [0.2, 0.25) is 5.15 Å². The lowest BCUT2D eigenvalue weighted by Crippen LogP contribution is -2.27. The van der Waals surface area contributed by atoms with Gasteiger partial charge in [-0.05, 0) is 86.7 Å². The van der Waals surface area contributed by atoms with E-state index in [1.54, 1.807) is 33.9 Å². The molecular formula is C34H54Cl2N6O6. The predicted octanol–water partition coefficient (Wildman–Crippen LogP) is 7.33. The van der Waals surface area contributed by atoms with Crippen molar-refractivity contribution in [2.75, 3.05) is 50.2 Å². The maximum atomic E-state index is 12.0. The Bertz CT molecular complexity index is 1300. The van der Waals surface area contributed by atoms with Gasteiger partial charge in [0.1, 0.15) is 17.2 Å². The molecule has 4 heterocycles. The van der Waals surface area contributed by atoms with E-state index < -0.39 is 10.3 Å². The number of hydrogen-bond acceptors (Lipinski definition) is 10. The molecule has 0 unspecified atom stereocenters. The van der Waals surface area contributed by atoms with Crippen LogP contribution < -0.4 is 16.4 Å². The molecule has 1 amide bonds. The zero-order valence-corrected chi connectivity index (χ0v) is 31.2. The molecule has 2 aromatic rings. The van der Waals surface area contributed by atoms with E-state index in [-0.39, 0.29) is 22.3 Å². The molecule has 0 atom stereocenters. The van der Waals surface area contributed by atoms with Crippen LogP contribution in [0.3, 0.4) is 0 Å². The van der Waals surface area contributed by atoms with Crippen LogP contribution in [-0.2, 0) is 19.1 Å². The number of pyridine rings is 2. The van der Waals surface area contributed by atoms with Crippen LogP contribution in [0.25, 0.3) is 0 Å². The second-order valence-corrected chi connectivity index (χ2v) is 14.6.